The SMILES string of the molecule is Cn1ccc2c(C(=O)NC(Cc3ccccc3)C3CC(O)C3)cccc21. The van der Waals surface area contributed by atoms with E-state index in [1.807, 2.05) is 60.3 Å². The van der Waals surface area contributed by atoms with E-state index in [-0.39, 0.29) is 18.1 Å². The molecule has 4 rings (SSSR count). The Hall–Kier alpha value is -2.59. The number of rotatable bonds is 5. The van der Waals surface area contributed by atoms with Gasteiger partial charge in [0.25, 0.3) is 5.91 Å². The molecule has 1 aliphatic carbocycles. The molecular weight excluding hydrogens is 324 g/mol. The predicted octanol–water partition coefficient (Wildman–Crippen LogP) is 3.29. The van der Waals surface area contributed by atoms with Crippen LogP contribution in [0.15, 0.2) is 60.8 Å². The van der Waals surface area contributed by atoms with Crippen molar-refractivity contribution in [2.45, 2.75) is 31.4 Å². The van der Waals surface area contributed by atoms with Gasteiger partial charge in [0.05, 0.1) is 6.10 Å². The Balaban J connectivity index is 1.57. The summed E-state index contributed by atoms with van der Waals surface area (Å²) in [4.78, 5) is 13.0. The summed E-state index contributed by atoms with van der Waals surface area (Å²) in [5.41, 5.74) is 2.97. The Labute approximate surface area is 153 Å². The van der Waals surface area contributed by atoms with E-state index in [1.54, 1.807) is 0 Å². The average Bonchev–Trinajstić information content (AvgIpc) is 3.00. The first-order valence-electron chi connectivity index (χ1n) is 9.18. The molecule has 1 heterocycles. The minimum atomic E-state index is -0.229. The van der Waals surface area contributed by atoms with Gasteiger partial charge in [-0.25, -0.2) is 0 Å². The monoisotopic (exact) mass is 348 g/mol. The summed E-state index contributed by atoms with van der Waals surface area (Å²) < 4.78 is 2.02. The number of carbonyl (C=O) groups is 1. The fraction of sp³-hybridized carbons (Fsp3) is 0.318. The molecule has 1 atom stereocenters. The largest absolute Gasteiger partial charge is 0.393 e. The molecule has 0 aliphatic heterocycles. The van der Waals surface area contributed by atoms with Crippen molar-refractivity contribution >= 4 is 16.8 Å². The van der Waals surface area contributed by atoms with E-state index in [0.717, 1.165) is 30.2 Å². The molecule has 134 valence electrons. The Kier molecular flexibility index (Phi) is 4.51. The van der Waals surface area contributed by atoms with Crippen LogP contribution in [0.3, 0.4) is 0 Å². The standard InChI is InChI=1S/C22H24N2O2/c1-24-11-10-18-19(8-5-9-21(18)24)22(26)23-20(16-13-17(25)14-16)12-15-6-3-2-4-7-15/h2-11,16-17,20,25H,12-14H2,1H3,(H,23,26). The maximum absolute atomic E-state index is 13.0. The molecule has 1 unspecified atom stereocenters. The predicted molar refractivity (Wildman–Crippen MR) is 103 cm³/mol. The molecule has 1 fully saturated rings. The third-order valence-corrected chi connectivity index (χ3v) is 5.51. The highest BCUT2D eigenvalue weighted by Gasteiger charge is 2.35. The zero-order valence-electron chi connectivity index (χ0n) is 14.9. The molecule has 3 aromatic rings. The van der Waals surface area contributed by atoms with Gasteiger partial charge in [-0.1, -0.05) is 36.4 Å². The van der Waals surface area contributed by atoms with Crippen LogP contribution in [0.25, 0.3) is 10.9 Å². The normalized spacial score (nSPS) is 20.5. The molecule has 0 spiro atoms. The number of benzene rings is 2. The van der Waals surface area contributed by atoms with Crippen molar-refractivity contribution in [1.29, 1.82) is 0 Å². The van der Waals surface area contributed by atoms with Crippen molar-refractivity contribution in [3.8, 4) is 0 Å². The van der Waals surface area contributed by atoms with Gasteiger partial charge in [0.15, 0.2) is 0 Å². The number of hydrogen-bond acceptors (Lipinski definition) is 2. The van der Waals surface area contributed by atoms with Crippen LogP contribution >= 0.6 is 0 Å². The summed E-state index contributed by atoms with van der Waals surface area (Å²) in [7, 11) is 1.98. The van der Waals surface area contributed by atoms with Crippen molar-refractivity contribution in [3.63, 3.8) is 0 Å². The molecule has 2 N–H and O–H groups in total. The first-order valence-corrected chi connectivity index (χ1v) is 9.18. The summed E-state index contributed by atoms with van der Waals surface area (Å²) in [6, 6.07) is 18.1. The van der Waals surface area contributed by atoms with Crippen LogP contribution in [-0.4, -0.2) is 27.7 Å². The maximum atomic E-state index is 13.0. The Morgan fingerprint density at radius 2 is 1.92 bits per heavy atom. The number of aromatic nitrogens is 1. The van der Waals surface area contributed by atoms with Gasteiger partial charge in [0, 0.05) is 35.8 Å². The molecule has 1 saturated carbocycles. The summed E-state index contributed by atoms with van der Waals surface area (Å²) in [6.07, 6.45) is 4.05. The van der Waals surface area contributed by atoms with Crippen LogP contribution in [0, 0.1) is 5.92 Å². The van der Waals surface area contributed by atoms with Crippen LogP contribution in [0.2, 0.25) is 0 Å². The van der Waals surface area contributed by atoms with E-state index < -0.39 is 0 Å². The van der Waals surface area contributed by atoms with E-state index in [9.17, 15) is 9.90 Å². The van der Waals surface area contributed by atoms with Crippen LogP contribution < -0.4 is 5.32 Å². The number of amides is 1. The fourth-order valence-electron chi connectivity index (χ4n) is 3.91. The lowest BCUT2D eigenvalue weighted by Gasteiger charge is -2.38. The number of aliphatic hydroxyl groups is 1. The Morgan fingerprint density at radius 1 is 1.15 bits per heavy atom. The van der Waals surface area contributed by atoms with Gasteiger partial charge in [-0.15, -0.1) is 0 Å². The minimum Gasteiger partial charge on any atom is -0.393 e. The van der Waals surface area contributed by atoms with Gasteiger partial charge in [0.2, 0.25) is 0 Å². The first kappa shape index (κ1) is 16.9. The van der Waals surface area contributed by atoms with Gasteiger partial charge >= 0.3 is 0 Å². The Bertz CT molecular complexity index is 910. The second-order valence-electron chi connectivity index (χ2n) is 7.32. The van der Waals surface area contributed by atoms with Gasteiger partial charge in [0.1, 0.15) is 0 Å². The van der Waals surface area contributed by atoms with E-state index in [1.165, 1.54) is 5.56 Å². The summed E-state index contributed by atoms with van der Waals surface area (Å²) in [5, 5.41) is 13.9. The first-order chi connectivity index (χ1) is 12.6. The third-order valence-electron chi connectivity index (χ3n) is 5.51. The maximum Gasteiger partial charge on any atom is 0.252 e. The molecule has 4 heteroatoms. The lowest BCUT2D eigenvalue weighted by molar-refractivity contribution is 0.0239. The molecule has 4 nitrogen and oxygen atoms in total. The van der Waals surface area contributed by atoms with E-state index in [0.29, 0.717) is 11.5 Å². The number of nitrogens with one attached hydrogen (secondary N) is 1. The van der Waals surface area contributed by atoms with Gasteiger partial charge in [-0.3, -0.25) is 4.79 Å². The number of fused-ring (bicyclic) bond motifs is 1. The molecule has 1 aliphatic rings. The van der Waals surface area contributed by atoms with Crippen LogP contribution in [0.4, 0.5) is 0 Å². The second-order valence-corrected chi connectivity index (χ2v) is 7.32. The van der Waals surface area contributed by atoms with Crippen LogP contribution in [-0.2, 0) is 13.5 Å². The number of aliphatic hydroxyl groups excluding tert-OH is 1. The third kappa shape index (κ3) is 3.25. The smallest absolute Gasteiger partial charge is 0.252 e. The quantitative estimate of drug-likeness (QED) is 0.743. The van der Waals surface area contributed by atoms with Gasteiger partial charge < -0.3 is 15.0 Å². The van der Waals surface area contributed by atoms with Crippen molar-refractivity contribution in [3.05, 3.63) is 71.9 Å². The van der Waals surface area contributed by atoms with Crippen LogP contribution in [0.1, 0.15) is 28.8 Å². The average molecular weight is 348 g/mol. The highest BCUT2D eigenvalue weighted by molar-refractivity contribution is 6.06. The zero-order chi connectivity index (χ0) is 18.1. The summed E-state index contributed by atoms with van der Waals surface area (Å²) in [6.45, 7) is 0. The molecular formula is C22H24N2O2. The van der Waals surface area contributed by atoms with Crippen molar-refractivity contribution in [2.24, 2.45) is 13.0 Å². The topological polar surface area (TPSA) is 54.3 Å². The van der Waals surface area contributed by atoms with Crippen LogP contribution in [0.5, 0.6) is 0 Å². The fourth-order valence-corrected chi connectivity index (χ4v) is 3.91. The number of hydrogen-bond donors (Lipinski definition) is 2. The molecule has 0 bridgehead atoms. The van der Waals surface area contributed by atoms with E-state index >= 15 is 0 Å². The van der Waals surface area contributed by atoms with E-state index in [4.69, 9.17) is 0 Å². The number of nitrogens with zero attached hydrogens (tertiary/aromatic N) is 1. The van der Waals surface area contributed by atoms with Gasteiger partial charge in [-0.05, 0) is 48.9 Å². The van der Waals surface area contributed by atoms with E-state index in [2.05, 4.69) is 17.4 Å². The highest BCUT2D eigenvalue weighted by Crippen LogP contribution is 2.32. The summed E-state index contributed by atoms with van der Waals surface area (Å²) in [5.74, 6) is 0.285. The van der Waals surface area contributed by atoms with Gasteiger partial charge in [-0.2, -0.15) is 0 Å². The zero-order valence-corrected chi connectivity index (χ0v) is 14.9. The minimum absolute atomic E-state index is 0.0345. The number of aryl methyl sites for hydroxylation is 1. The highest BCUT2D eigenvalue weighted by atomic mass is 16.3. The molecule has 1 amide bonds. The van der Waals surface area contributed by atoms with Crippen molar-refractivity contribution in [1.82, 2.24) is 9.88 Å². The number of carbonyl (C=O) groups excluding carboxylic acids is 1. The lowest BCUT2D eigenvalue weighted by atomic mass is 9.75. The summed E-state index contributed by atoms with van der Waals surface area (Å²) >= 11 is 0. The van der Waals surface area contributed by atoms with Crippen molar-refractivity contribution in [2.75, 3.05) is 0 Å². The molecule has 0 radical (unpaired) electrons. The lowest BCUT2D eigenvalue weighted by Crippen LogP contribution is -2.48. The molecule has 26 heavy (non-hydrogen) atoms. The van der Waals surface area contributed by atoms with Crippen molar-refractivity contribution < 1.29 is 9.90 Å². The molecule has 0 saturated heterocycles. The Morgan fingerprint density at radius 3 is 2.65 bits per heavy atom. The molecule has 2 aromatic carbocycles. The second kappa shape index (κ2) is 6.96. The molecule has 1 aromatic heterocycles.